The first-order valence-corrected chi connectivity index (χ1v) is 8.92. The van der Waals surface area contributed by atoms with Crippen molar-refractivity contribution < 1.29 is 9.53 Å². The Kier molecular flexibility index (Phi) is 5.41. The Balaban J connectivity index is 1.84. The van der Waals surface area contributed by atoms with E-state index < -0.39 is 5.60 Å². The number of nitrogens with one attached hydrogen (secondary N) is 1. The van der Waals surface area contributed by atoms with E-state index in [0.29, 0.717) is 17.5 Å². The summed E-state index contributed by atoms with van der Waals surface area (Å²) >= 11 is 0. The average molecular weight is 310 g/mol. The van der Waals surface area contributed by atoms with Crippen LogP contribution in [0.3, 0.4) is 0 Å². The highest BCUT2D eigenvalue weighted by Crippen LogP contribution is 2.44. The van der Waals surface area contributed by atoms with Crippen molar-refractivity contribution in [2.75, 3.05) is 13.1 Å². The number of nitrogens with zero attached hydrogens (tertiary/aromatic N) is 1. The second kappa shape index (κ2) is 6.77. The van der Waals surface area contributed by atoms with Gasteiger partial charge in [0.25, 0.3) is 0 Å². The lowest BCUT2D eigenvalue weighted by molar-refractivity contribution is 0.00785. The van der Waals surface area contributed by atoms with Crippen LogP contribution in [0.15, 0.2) is 0 Å². The van der Waals surface area contributed by atoms with Crippen molar-refractivity contribution in [2.24, 2.45) is 5.41 Å². The van der Waals surface area contributed by atoms with Crippen molar-refractivity contribution in [1.82, 2.24) is 10.2 Å². The number of rotatable bonds is 5. The molecule has 2 aliphatic rings. The smallest absolute Gasteiger partial charge is 0.410 e. The van der Waals surface area contributed by atoms with E-state index in [1.54, 1.807) is 0 Å². The molecule has 2 atom stereocenters. The predicted molar refractivity (Wildman–Crippen MR) is 90.0 cm³/mol. The van der Waals surface area contributed by atoms with E-state index >= 15 is 0 Å². The van der Waals surface area contributed by atoms with Gasteiger partial charge in [0.15, 0.2) is 0 Å². The lowest BCUT2D eigenvalue weighted by Crippen LogP contribution is -2.48. The molecule has 2 fully saturated rings. The number of hydrogen-bond donors (Lipinski definition) is 1. The highest BCUT2D eigenvalue weighted by Gasteiger charge is 2.37. The fourth-order valence-electron chi connectivity index (χ4n) is 3.11. The van der Waals surface area contributed by atoms with Gasteiger partial charge in [-0.1, -0.05) is 6.92 Å². The molecule has 22 heavy (non-hydrogen) atoms. The third-order valence-electron chi connectivity index (χ3n) is 4.86. The van der Waals surface area contributed by atoms with Crippen LogP contribution >= 0.6 is 0 Å². The average Bonchev–Trinajstić information content (AvgIpc) is 3.14. The van der Waals surface area contributed by atoms with E-state index in [2.05, 4.69) is 19.2 Å². The molecule has 1 saturated carbocycles. The summed E-state index contributed by atoms with van der Waals surface area (Å²) in [6.45, 7) is 12.3. The van der Waals surface area contributed by atoms with Crippen molar-refractivity contribution in [1.29, 1.82) is 0 Å². The lowest BCUT2D eigenvalue weighted by Gasteiger charge is -2.38. The van der Waals surface area contributed by atoms with Gasteiger partial charge in [-0.05, 0) is 71.6 Å². The summed E-state index contributed by atoms with van der Waals surface area (Å²) in [5, 5.41) is 3.66. The summed E-state index contributed by atoms with van der Waals surface area (Å²) < 4.78 is 5.58. The number of carbonyl (C=O) groups excluding carboxylic acids is 1. The third kappa shape index (κ3) is 5.45. The van der Waals surface area contributed by atoms with Crippen LogP contribution in [-0.4, -0.2) is 41.8 Å². The highest BCUT2D eigenvalue weighted by atomic mass is 16.6. The summed E-state index contributed by atoms with van der Waals surface area (Å²) in [5.41, 5.74) is 0.120. The molecule has 128 valence electrons. The zero-order chi connectivity index (χ0) is 16.4. The Hall–Kier alpha value is -0.770. The van der Waals surface area contributed by atoms with E-state index in [0.717, 1.165) is 32.4 Å². The maximum atomic E-state index is 12.4. The van der Waals surface area contributed by atoms with Crippen molar-refractivity contribution in [2.45, 2.75) is 90.8 Å². The molecule has 0 spiro atoms. The number of likely N-dealkylation sites (tertiary alicyclic amines) is 1. The van der Waals surface area contributed by atoms with Crippen LogP contribution in [-0.2, 0) is 4.74 Å². The highest BCUT2D eigenvalue weighted by molar-refractivity contribution is 5.68. The van der Waals surface area contributed by atoms with Crippen LogP contribution in [0.2, 0.25) is 0 Å². The van der Waals surface area contributed by atoms with Gasteiger partial charge in [-0.15, -0.1) is 0 Å². The molecule has 0 aromatic rings. The van der Waals surface area contributed by atoms with Gasteiger partial charge in [0.2, 0.25) is 0 Å². The molecule has 2 rings (SSSR count). The fourth-order valence-corrected chi connectivity index (χ4v) is 3.11. The van der Waals surface area contributed by atoms with Crippen LogP contribution in [0.1, 0.15) is 73.1 Å². The van der Waals surface area contributed by atoms with Gasteiger partial charge >= 0.3 is 6.09 Å². The summed E-state index contributed by atoms with van der Waals surface area (Å²) in [6.07, 6.45) is 6.99. The van der Waals surface area contributed by atoms with E-state index in [1.807, 2.05) is 25.7 Å². The molecule has 1 aliphatic heterocycles. The Bertz CT molecular complexity index is 385. The van der Waals surface area contributed by atoms with E-state index in [1.165, 1.54) is 19.3 Å². The molecule has 0 bridgehead atoms. The topological polar surface area (TPSA) is 41.6 Å². The summed E-state index contributed by atoms with van der Waals surface area (Å²) in [6, 6.07) is 0.767. The first-order valence-electron chi connectivity index (χ1n) is 8.92. The zero-order valence-corrected chi connectivity index (χ0v) is 15.1. The van der Waals surface area contributed by atoms with Gasteiger partial charge in [-0.3, -0.25) is 0 Å². The van der Waals surface area contributed by atoms with E-state index in [-0.39, 0.29) is 6.09 Å². The van der Waals surface area contributed by atoms with Crippen LogP contribution in [0.4, 0.5) is 4.79 Å². The monoisotopic (exact) mass is 310 g/mol. The zero-order valence-electron chi connectivity index (χ0n) is 15.1. The second-order valence-corrected chi connectivity index (χ2v) is 8.65. The molecule has 1 amide bonds. The Labute approximate surface area is 136 Å². The first-order chi connectivity index (χ1) is 10.2. The fraction of sp³-hybridized carbons (Fsp3) is 0.944. The predicted octanol–water partition coefficient (Wildman–Crippen LogP) is 3.94. The second-order valence-electron chi connectivity index (χ2n) is 8.65. The molecule has 1 N–H and O–H groups in total. The van der Waals surface area contributed by atoms with Crippen molar-refractivity contribution in [3.63, 3.8) is 0 Å². The molecule has 2 unspecified atom stereocenters. The standard InChI is InChI=1S/C18H34N2O2/c1-14(19-13-18(5)9-10-18)12-15-8-6-7-11-20(15)16(21)22-17(2,3)4/h14-15,19H,6-13H2,1-5H3. The molecule has 0 radical (unpaired) electrons. The van der Waals surface area contributed by atoms with Crippen LogP contribution in [0.25, 0.3) is 0 Å². The minimum Gasteiger partial charge on any atom is -0.444 e. The molecule has 0 aromatic heterocycles. The largest absolute Gasteiger partial charge is 0.444 e. The SMILES string of the molecule is CC(CC1CCCCN1C(=O)OC(C)(C)C)NCC1(C)CC1. The number of carbonyl (C=O) groups is 1. The van der Waals surface area contributed by atoms with Crippen molar-refractivity contribution >= 4 is 6.09 Å². The number of piperidine rings is 1. The number of hydrogen-bond acceptors (Lipinski definition) is 3. The van der Waals surface area contributed by atoms with Crippen molar-refractivity contribution in [3.05, 3.63) is 0 Å². The quantitative estimate of drug-likeness (QED) is 0.836. The normalized spacial score (nSPS) is 25.7. The van der Waals surface area contributed by atoms with Crippen molar-refractivity contribution in [3.8, 4) is 0 Å². The maximum absolute atomic E-state index is 12.4. The molecule has 1 saturated heterocycles. The summed E-state index contributed by atoms with van der Waals surface area (Å²) in [4.78, 5) is 14.4. The van der Waals surface area contributed by atoms with Gasteiger partial charge in [0.05, 0.1) is 0 Å². The van der Waals surface area contributed by atoms with E-state index in [4.69, 9.17) is 4.74 Å². The minimum absolute atomic E-state index is 0.140. The summed E-state index contributed by atoms with van der Waals surface area (Å²) in [5.74, 6) is 0. The number of ether oxygens (including phenoxy) is 1. The Morgan fingerprint density at radius 2 is 2.05 bits per heavy atom. The van der Waals surface area contributed by atoms with Gasteiger partial charge in [0.1, 0.15) is 5.60 Å². The Morgan fingerprint density at radius 3 is 2.64 bits per heavy atom. The molecule has 4 nitrogen and oxygen atoms in total. The van der Waals surface area contributed by atoms with Gasteiger partial charge in [-0.25, -0.2) is 4.79 Å². The molecular weight excluding hydrogens is 276 g/mol. The minimum atomic E-state index is -0.413. The third-order valence-corrected chi connectivity index (χ3v) is 4.86. The molecule has 0 aromatic carbocycles. The molecule has 1 aliphatic carbocycles. The number of amides is 1. The first kappa shape index (κ1) is 17.6. The van der Waals surface area contributed by atoms with Gasteiger partial charge in [-0.2, -0.15) is 0 Å². The van der Waals surface area contributed by atoms with Crippen LogP contribution < -0.4 is 5.32 Å². The molecule has 4 heteroatoms. The molecule has 1 heterocycles. The summed E-state index contributed by atoms with van der Waals surface area (Å²) in [7, 11) is 0. The van der Waals surface area contributed by atoms with Crippen LogP contribution in [0.5, 0.6) is 0 Å². The Morgan fingerprint density at radius 1 is 1.36 bits per heavy atom. The maximum Gasteiger partial charge on any atom is 0.410 e. The lowest BCUT2D eigenvalue weighted by atomic mass is 9.96. The van der Waals surface area contributed by atoms with Crippen LogP contribution in [0, 0.1) is 5.41 Å². The molecular formula is C18H34N2O2. The van der Waals surface area contributed by atoms with E-state index in [9.17, 15) is 4.79 Å². The van der Waals surface area contributed by atoms with Gasteiger partial charge in [0, 0.05) is 25.2 Å². The van der Waals surface area contributed by atoms with Gasteiger partial charge < -0.3 is 15.0 Å².